The van der Waals surface area contributed by atoms with E-state index < -0.39 is 29.6 Å². The molecule has 2 unspecified atom stereocenters. The molecule has 6 heterocycles. The van der Waals surface area contributed by atoms with Gasteiger partial charge in [-0.1, -0.05) is 23.4 Å². The number of H-pyrrole nitrogens is 1. The van der Waals surface area contributed by atoms with E-state index >= 15 is 4.39 Å². The van der Waals surface area contributed by atoms with Gasteiger partial charge in [0.05, 0.1) is 48.4 Å². The first-order chi connectivity index (χ1) is 32.9. The first kappa shape index (κ1) is 45.6. The molecule has 2 saturated heterocycles. The van der Waals surface area contributed by atoms with Crippen molar-refractivity contribution in [1.29, 1.82) is 5.26 Å². The molecule has 3 N–H and O–H groups in total. The number of aromatic nitrogens is 6. The fraction of sp³-hybridized carbons (Fsp3) is 0.388. The average molecular weight is 925 g/mol. The number of hydrogen-bond donors (Lipinski definition) is 3. The highest BCUT2D eigenvalue weighted by Gasteiger charge is 2.32. The molecule has 2 fully saturated rings. The van der Waals surface area contributed by atoms with Crippen LogP contribution in [-0.2, 0) is 34.4 Å². The maximum atomic E-state index is 16.9. The minimum atomic E-state index is -0.745. The summed E-state index contributed by atoms with van der Waals surface area (Å²) in [6, 6.07) is 16.5. The Morgan fingerprint density at radius 3 is 2.60 bits per heavy atom. The van der Waals surface area contributed by atoms with E-state index in [0.717, 1.165) is 49.5 Å². The summed E-state index contributed by atoms with van der Waals surface area (Å²) in [6.07, 6.45) is 7.11. The van der Waals surface area contributed by atoms with Crippen LogP contribution in [0.15, 0.2) is 71.8 Å². The van der Waals surface area contributed by atoms with Crippen molar-refractivity contribution < 1.29 is 28.3 Å². The van der Waals surface area contributed by atoms with E-state index in [1.165, 1.54) is 4.57 Å². The van der Waals surface area contributed by atoms with Crippen LogP contribution in [0, 0.1) is 23.1 Å². The summed E-state index contributed by atoms with van der Waals surface area (Å²) >= 11 is 0. The number of nitriles is 1. The van der Waals surface area contributed by atoms with Gasteiger partial charge >= 0.3 is 5.69 Å². The predicted octanol–water partition coefficient (Wildman–Crippen LogP) is 4.17. The monoisotopic (exact) mass is 924 g/mol. The Balaban J connectivity index is 0.941. The summed E-state index contributed by atoms with van der Waals surface area (Å²) in [4.78, 5) is 74.2. The molecule has 0 saturated carbocycles. The number of carbonyl (C=O) groups is 4. The smallest absolute Gasteiger partial charge is 0.329 e. The maximum absolute atomic E-state index is 16.9. The van der Waals surface area contributed by atoms with Crippen molar-refractivity contribution in [2.75, 3.05) is 64.4 Å². The van der Waals surface area contributed by atoms with Gasteiger partial charge in [0.15, 0.2) is 5.82 Å². The number of carbonyl (C=O) groups excluding carboxylic acids is 4. The van der Waals surface area contributed by atoms with Crippen molar-refractivity contribution in [2.24, 2.45) is 13.0 Å². The molecule has 3 aliphatic heterocycles. The average Bonchev–Trinajstić information content (AvgIpc) is 4.11. The third-order valence-corrected chi connectivity index (χ3v) is 13.4. The van der Waals surface area contributed by atoms with E-state index in [2.05, 4.69) is 41.8 Å². The Labute approximate surface area is 390 Å². The van der Waals surface area contributed by atoms with Gasteiger partial charge in [0.1, 0.15) is 17.5 Å². The van der Waals surface area contributed by atoms with Gasteiger partial charge in [0.25, 0.3) is 5.91 Å². The fourth-order valence-electron chi connectivity index (χ4n) is 9.66. The zero-order valence-electron chi connectivity index (χ0n) is 38.3. The summed E-state index contributed by atoms with van der Waals surface area (Å²) in [7, 11) is 3.31. The molecule has 0 spiro atoms. The Morgan fingerprint density at radius 2 is 1.85 bits per heavy atom. The number of rotatable bonds is 14. The Kier molecular flexibility index (Phi) is 12.9. The van der Waals surface area contributed by atoms with Gasteiger partial charge in [0.2, 0.25) is 17.7 Å². The van der Waals surface area contributed by atoms with Crippen molar-refractivity contribution >= 4 is 56.8 Å². The minimum Gasteiger partial charge on any atom is -0.496 e. The molecule has 19 heteroatoms. The van der Waals surface area contributed by atoms with Gasteiger partial charge in [-0.25, -0.2) is 9.18 Å². The number of fused-ring (bicyclic) bond motifs is 2. The summed E-state index contributed by atoms with van der Waals surface area (Å²) in [5.41, 5.74) is 5.69. The molecule has 9 rings (SSSR count). The number of piperidine rings is 1. The first-order valence-electron chi connectivity index (χ1n) is 22.9. The molecular weight excluding hydrogens is 872 g/mol. The number of nitrogens with zero attached hydrogens (tertiary/aromatic N) is 9. The number of piperazine rings is 1. The number of amides is 4. The number of nitrogens with one attached hydrogen (secondary N) is 3. The van der Waals surface area contributed by atoms with Gasteiger partial charge < -0.3 is 24.8 Å². The lowest BCUT2D eigenvalue weighted by Gasteiger charge is -2.36. The number of benzene rings is 3. The Morgan fingerprint density at radius 1 is 1.03 bits per heavy atom. The quantitative estimate of drug-likeness (QED) is 0.132. The SMILES string of the molecule is COc1cc(N2CCN(CCc3cccc4c3n(C)c(=O)n4C3CCC(=O)NC3=O)CC2)ccc1-c1cc(C2=CCCN(C(=O)CCn3ccnn3)C2)c(F)c2[nH]c(C(=O)NCC(C)C#N)cc12. The van der Waals surface area contributed by atoms with E-state index in [0.29, 0.717) is 64.8 Å². The second-order valence-corrected chi connectivity index (χ2v) is 17.7. The molecule has 3 aromatic carbocycles. The number of aryl methyl sites for hydroxylation is 2. The van der Waals surface area contributed by atoms with E-state index in [1.54, 1.807) is 59.8 Å². The molecule has 3 aliphatic rings. The third-order valence-electron chi connectivity index (χ3n) is 13.4. The molecular formula is C49H53FN12O6. The van der Waals surface area contributed by atoms with Crippen molar-refractivity contribution in [3.63, 3.8) is 0 Å². The number of imide groups is 1. The molecule has 0 aliphatic carbocycles. The fourth-order valence-corrected chi connectivity index (χ4v) is 9.66. The summed E-state index contributed by atoms with van der Waals surface area (Å²) in [5.74, 6) is -1.74. The highest BCUT2D eigenvalue weighted by molar-refractivity contribution is 6.05. The molecule has 3 aromatic heterocycles. The zero-order valence-corrected chi connectivity index (χ0v) is 38.3. The number of para-hydroxylation sites is 1. The zero-order chi connectivity index (χ0) is 47.6. The lowest BCUT2D eigenvalue weighted by atomic mass is 9.92. The molecule has 4 amide bonds. The lowest BCUT2D eigenvalue weighted by molar-refractivity contribution is -0.136. The molecule has 18 nitrogen and oxygen atoms in total. The van der Waals surface area contributed by atoms with Gasteiger partial charge in [-0.3, -0.25) is 43.2 Å². The standard InChI is InChI=1S/C49H53FN12O6/c1-30(27-51)28-52-47(65)38-26-37-36(25-35(44(50)45(37)54-38)32-7-5-16-60(29-32)43(64)14-18-61-19-15-53-56-61)34-10-9-33(24-41(34)68-3)59-22-20-58(21-23-59)17-13-31-6-4-8-39-46(31)57(2)49(67)62(39)40-11-12-42(63)55-48(40)66/h4,6-10,15,19,24-26,30,40,54H,5,11-14,16-18,20-23,28-29H2,1-3H3,(H,52,65)(H,55,63,66). The summed E-state index contributed by atoms with van der Waals surface area (Å²) < 4.78 is 27.6. The molecule has 6 aromatic rings. The molecule has 0 bridgehead atoms. The van der Waals surface area contributed by atoms with Crippen LogP contribution in [0.1, 0.15) is 60.3 Å². The van der Waals surface area contributed by atoms with Gasteiger partial charge in [-0.05, 0) is 73.2 Å². The molecule has 68 heavy (non-hydrogen) atoms. The van der Waals surface area contributed by atoms with Crippen molar-refractivity contribution in [3.05, 3.63) is 100 Å². The minimum absolute atomic E-state index is 0.0821. The predicted molar refractivity (Wildman–Crippen MR) is 252 cm³/mol. The van der Waals surface area contributed by atoms with E-state index in [9.17, 15) is 29.2 Å². The van der Waals surface area contributed by atoms with Crippen molar-refractivity contribution in [1.82, 2.24) is 49.5 Å². The lowest BCUT2D eigenvalue weighted by Crippen LogP contribution is -2.47. The van der Waals surface area contributed by atoms with Crippen LogP contribution >= 0.6 is 0 Å². The number of imidazole rings is 1. The van der Waals surface area contributed by atoms with Crippen LogP contribution < -0.4 is 26.0 Å². The number of methoxy groups -OCH3 is 1. The maximum Gasteiger partial charge on any atom is 0.329 e. The van der Waals surface area contributed by atoms with Gasteiger partial charge in [-0.2, -0.15) is 5.26 Å². The third kappa shape index (κ3) is 8.98. The number of ether oxygens (including phenoxy) is 1. The van der Waals surface area contributed by atoms with Crippen LogP contribution in [0.25, 0.3) is 38.6 Å². The van der Waals surface area contributed by atoms with Crippen LogP contribution in [-0.4, -0.2) is 122 Å². The second-order valence-electron chi connectivity index (χ2n) is 17.7. The van der Waals surface area contributed by atoms with E-state index in [4.69, 9.17) is 4.74 Å². The Hall–Kier alpha value is -7.59. The van der Waals surface area contributed by atoms with Crippen LogP contribution in [0.5, 0.6) is 5.75 Å². The molecule has 0 radical (unpaired) electrons. The number of anilines is 1. The number of hydrogen-bond acceptors (Lipinski definition) is 11. The summed E-state index contributed by atoms with van der Waals surface area (Å²) in [5, 5.41) is 22.7. The second kappa shape index (κ2) is 19.3. The molecule has 2 atom stereocenters. The van der Waals surface area contributed by atoms with E-state index in [-0.39, 0.29) is 61.1 Å². The van der Waals surface area contributed by atoms with E-state index in [1.807, 2.05) is 42.5 Å². The normalized spacial score (nSPS) is 17.3. The largest absolute Gasteiger partial charge is 0.496 e. The first-order valence-corrected chi connectivity index (χ1v) is 22.9. The number of halogens is 1. The number of aromatic amines is 1. The Bertz CT molecular complexity index is 3060. The van der Waals surface area contributed by atoms with Crippen LogP contribution in [0.3, 0.4) is 0 Å². The molecule has 352 valence electrons. The topological polar surface area (TPSA) is 209 Å². The van der Waals surface area contributed by atoms with Crippen LogP contribution in [0.4, 0.5) is 10.1 Å². The highest BCUT2D eigenvalue weighted by Crippen LogP contribution is 2.42. The highest BCUT2D eigenvalue weighted by atomic mass is 19.1. The van der Waals surface area contributed by atoms with Crippen molar-refractivity contribution in [2.45, 2.75) is 51.6 Å². The van der Waals surface area contributed by atoms with Crippen LogP contribution in [0.2, 0.25) is 0 Å². The van der Waals surface area contributed by atoms with Gasteiger partial charge in [0, 0.05) is 107 Å². The summed E-state index contributed by atoms with van der Waals surface area (Å²) in [6.45, 7) is 6.72. The van der Waals surface area contributed by atoms with Crippen molar-refractivity contribution in [3.8, 4) is 22.9 Å². The van der Waals surface area contributed by atoms with Gasteiger partial charge in [-0.15, -0.1) is 5.10 Å².